The molecule has 9 heteroatoms. The number of benzene rings is 1. The maximum absolute atomic E-state index is 12.2. The van der Waals surface area contributed by atoms with Crippen molar-refractivity contribution in [2.45, 2.75) is 0 Å². The fourth-order valence-electron chi connectivity index (χ4n) is 2.28. The van der Waals surface area contributed by atoms with Crippen LogP contribution in [0.3, 0.4) is 0 Å². The third-order valence-electron chi connectivity index (χ3n) is 3.32. The maximum Gasteiger partial charge on any atom is 0.354 e. The largest absolute Gasteiger partial charge is 0.422 e. The second-order valence-corrected chi connectivity index (χ2v) is 4.64. The van der Waals surface area contributed by atoms with Crippen LogP contribution in [0.15, 0.2) is 42.7 Å². The van der Waals surface area contributed by atoms with Crippen LogP contribution < -0.4 is 11.3 Å². The topological polar surface area (TPSA) is 139 Å². The molecule has 0 amide bonds. The number of nitrogens with one attached hydrogen (secondary N) is 1. The van der Waals surface area contributed by atoms with E-state index in [-0.39, 0.29) is 28.1 Å². The molecule has 0 radical (unpaired) electrons. The van der Waals surface area contributed by atoms with E-state index >= 15 is 0 Å². The summed E-state index contributed by atoms with van der Waals surface area (Å²) in [5.74, 6) is 0.109. The van der Waals surface area contributed by atoms with Gasteiger partial charge in [0, 0.05) is 5.39 Å². The van der Waals surface area contributed by atoms with Crippen LogP contribution in [0.2, 0.25) is 0 Å². The van der Waals surface area contributed by atoms with Gasteiger partial charge in [-0.25, -0.2) is 9.59 Å². The van der Waals surface area contributed by atoms with Gasteiger partial charge in [0.15, 0.2) is 0 Å². The van der Waals surface area contributed by atoms with Crippen LogP contribution in [0.5, 0.6) is 0 Å². The van der Waals surface area contributed by atoms with Gasteiger partial charge in [0.2, 0.25) is 5.82 Å². The zero-order chi connectivity index (χ0) is 16.0. The molecule has 3 heterocycles. The molecule has 0 aliphatic heterocycles. The van der Waals surface area contributed by atoms with E-state index in [1.54, 1.807) is 24.3 Å². The van der Waals surface area contributed by atoms with Crippen molar-refractivity contribution < 1.29 is 8.83 Å². The van der Waals surface area contributed by atoms with Gasteiger partial charge >= 0.3 is 11.3 Å². The lowest BCUT2D eigenvalue weighted by Gasteiger charge is -2.03. The number of aromatic amines is 1. The Morgan fingerprint density at radius 1 is 1.13 bits per heavy atom. The molecule has 0 aliphatic rings. The average Bonchev–Trinajstić information content (AvgIpc) is 3.07. The Morgan fingerprint density at radius 2 is 2.00 bits per heavy atom. The fourth-order valence-corrected chi connectivity index (χ4v) is 2.28. The lowest BCUT2D eigenvalue weighted by molar-refractivity contribution is 0.551. The zero-order valence-electron chi connectivity index (χ0n) is 11.2. The summed E-state index contributed by atoms with van der Waals surface area (Å²) in [6.45, 7) is 0. The highest BCUT2D eigenvalue weighted by molar-refractivity contribution is 6.02. The quantitative estimate of drug-likeness (QED) is 0.405. The first kappa shape index (κ1) is 12.9. The van der Waals surface area contributed by atoms with Crippen LogP contribution in [0.25, 0.3) is 33.3 Å². The fraction of sp³-hybridized carbons (Fsp3) is 0. The van der Waals surface area contributed by atoms with Crippen LogP contribution >= 0.6 is 0 Å². The lowest BCUT2D eigenvalue weighted by atomic mass is 10.1. The molecule has 0 saturated heterocycles. The van der Waals surface area contributed by atoms with E-state index in [0.717, 1.165) is 0 Å². The average molecular weight is 307 g/mol. The first-order valence-electron chi connectivity index (χ1n) is 6.36. The van der Waals surface area contributed by atoms with Gasteiger partial charge in [-0.2, -0.15) is 10.5 Å². The van der Waals surface area contributed by atoms with Gasteiger partial charge in [-0.05, 0) is 29.5 Å². The minimum absolute atomic E-state index is 0.109. The first-order chi connectivity index (χ1) is 11.2. The number of fused-ring (bicyclic) bond motifs is 3. The van der Waals surface area contributed by atoms with Gasteiger partial charge < -0.3 is 8.83 Å². The summed E-state index contributed by atoms with van der Waals surface area (Å²) < 4.78 is 10.4. The number of hydrogen-bond donors (Lipinski definition) is 1. The first-order valence-corrected chi connectivity index (χ1v) is 6.36. The molecule has 9 nitrogen and oxygen atoms in total. The molecule has 23 heavy (non-hydrogen) atoms. The summed E-state index contributed by atoms with van der Waals surface area (Å²) in [4.78, 5) is 23.7. The highest BCUT2D eigenvalue weighted by Crippen LogP contribution is 2.26. The van der Waals surface area contributed by atoms with Gasteiger partial charge in [0.05, 0.1) is 5.39 Å². The van der Waals surface area contributed by atoms with E-state index in [2.05, 4.69) is 20.6 Å². The second-order valence-electron chi connectivity index (χ2n) is 4.64. The molecule has 0 fully saturated rings. The monoisotopic (exact) mass is 307 g/mol. The number of rotatable bonds is 1. The Hall–Kier alpha value is -3.80. The van der Waals surface area contributed by atoms with Crippen LogP contribution in [0.4, 0.5) is 0 Å². The normalized spacial score (nSPS) is 10.9. The number of nitriles is 1. The van der Waals surface area contributed by atoms with Crippen LogP contribution in [0.1, 0.15) is 5.56 Å². The second kappa shape index (κ2) is 4.60. The standard InChI is InChI=1S/C14H5N5O4/c15-5-7-4-8-10(22-13(7)20)2-1-6-3-9(12-16-18-19-17-12)14(21)23-11(6)8/h1-4H,(H,16,17,18,19). The van der Waals surface area contributed by atoms with Crippen molar-refractivity contribution in [3.05, 3.63) is 50.7 Å². The third-order valence-corrected chi connectivity index (χ3v) is 3.32. The van der Waals surface area contributed by atoms with Crippen molar-refractivity contribution >= 4 is 21.9 Å². The van der Waals surface area contributed by atoms with Crippen molar-refractivity contribution in [2.75, 3.05) is 0 Å². The summed E-state index contributed by atoms with van der Waals surface area (Å²) in [5, 5.41) is 23.0. The Bertz CT molecular complexity index is 1210. The molecule has 4 rings (SSSR count). The number of nitrogens with zero attached hydrogens (tertiary/aromatic N) is 4. The summed E-state index contributed by atoms with van der Waals surface area (Å²) in [6.07, 6.45) is 0. The van der Waals surface area contributed by atoms with Gasteiger partial charge in [0.1, 0.15) is 28.4 Å². The van der Waals surface area contributed by atoms with E-state index in [4.69, 9.17) is 14.1 Å². The molecule has 1 N–H and O–H groups in total. The summed E-state index contributed by atoms with van der Waals surface area (Å²) in [5.41, 5.74) is -1.02. The van der Waals surface area contributed by atoms with E-state index in [1.165, 1.54) is 6.07 Å². The van der Waals surface area contributed by atoms with Gasteiger partial charge in [-0.1, -0.05) is 0 Å². The van der Waals surface area contributed by atoms with Crippen LogP contribution in [0, 0.1) is 11.3 Å². The van der Waals surface area contributed by atoms with Gasteiger partial charge in [-0.15, -0.1) is 10.2 Å². The molecular weight excluding hydrogens is 302 g/mol. The summed E-state index contributed by atoms with van der Waals surface area (Å²) in [6, 6.07) is 7.80. The van der Waals surface area contributed by atoms with E-state index in [1.807, 2.05) is 0 Å². The minimum Gasteiger partial charge on any atom is -0.422 e. The molecule has 0 spiro atoms. The van der Waals surface area contributed by atoms with Crippen molar-refractivity contribution in [3.63, 3.8) is 0 Å². The molecule has 0 bridgehead atoms. The predicted molar refractivity (Wildman–Crippen MR) is 76.4 cm³/mol. The van der Waals surface area contributed by atoms with E-state index in [0.29, 0.717) is 10.8 Å². The smallest absolute Gasteiger partial charge is 0.354 e. The molecule has 0 saturated carbocycles. The van der Waals surface area contributed by atoms with E-state index in [9.17, 15) is 9.59 Å². The summed E-state index contributed by atoms with van der Waals surface area (Å²) >= 11 is 0. The van der Waals surface area contributed by atoms with E-state index < -0.39 is 11.3 Å². The highest BCUT2D eigenvalue weighted by Gasteiger charge is 2.15. The third kappa shape index (κ3) is 1.90. The Morgan fingerprint density at radius 3 is 2.74 bits per heavy atom. The molecule has 0 unspecified atom stereocenters. The predicted octanol–water partition coefficient (Wildman–Crippen LogP) is 0.951. The van der Waals surface area contributed by atoms with Crippen LogP contribution in [-0.4, -0.2) is 20.6 Å². The van der Waals surface area contributed by atoms with Crippen molar-refractivity contribution in [1.82, 2.24) is 20.6 Å². The molecule has 0 aliphatic carbocycles. The zero-order valence-corrected chi connectivity index (χ0v) is 11.2. The Balaban J connectivity index is 2.12. The number of tetrazole rings is 1. The summed E-state index contributed by atoms with van der Waals surface area (Å²) in [7, 11) is 0. The highest BCUT2D eigenvalue weighted by atomic mass is 16.4. The number of hydrogen-bond acceptors (Lipinski definition) is 8. The van der Waals surface area contributed by atoms with Crippen molar-refractivity contribution in [2.24, 2.45) is 0 Å². The molecule has 4 aromatic rings. The molecule has 0 atom stereocenters. The van der Waals surface area contributed by atoms with Crippen molar-refractivity contribution in [1.29, 1.82) is 5.26 Å². The van der Waals surface area contributed by atoms with Gasteiger partial charge in [-0.3, -0.25) is 0 Å². The Labute approximate surface area is 125 Å². The molecular formula is C14H5N5O4. The van der Waals surface area contributed by atoms with Gasteiger partial charge in [0.25, 0.3) is 0 Å². The minimum atomic E-state index is -0.745. The van der Waals surface area contributed by atoms with Crippen molar-refractivity contribution in [3.8, 4) is 17.5 Å². The van der Waals surface area contributed by atoms with Crippen LogP contribution in [-0.2, 0) is 0 Å². The Kier molecular flexibility index (Phi) is 2.58. The number of aromatic nitrogens is 4. The number of H-pyrrole nitrogens is 1. The molecule has 110 valence electrons. The molecule has 1 aromatic carbocycles. The molecule has 3 aromatic heterocycles. The lowest BCUT2D eigenvalue weighted by Crippen LogP contribution is -2.06. The maximum atomic E-state index is 12.2. The SMILES string of the molecule is N#Cc1cc2c(ccc3cc(-c4nn[nH]n4)c(=O)oc32)oc1=O.